The first kappa shape index (κ1) is 11.3. The van der Waals surface area contributed by atoms with E-state index < -0.39 is 0 Å². The zero-order valence-corrected chi connectivity index (χ0v) is 9.24. The van der Waals surface area contributed by atoms with Crippen LogP contribution in [-0.4, -0.2) is 16.6 Å². The Kier molecular flexibility index (Phi) is 4.76. The van der Waals surface area contributed by atoms with E-state index in [1.165, 1.54) is 0 Å². The van der Waals surface area contributed by atoms with Crippen LogP contribution >= 0.6 is 23.4 Å². The fraction of sp³-hybridized carbons (Fsp3) is 0.333. The summed E-state index contributed by atoms with van der Waals surface area (Å²) in [5.74, 6) is 1.12. The van der Waals surface area contributed by atoms with E-state index in [9.17, 15) is 0 Å². The van der Waals surface area contributed by atoms with Gasteiger partial charge in [0.15, 0.2) is 0 Å². The summed E-state index contributed by atoms with van der Waals surface area (Å²) in [6.45, 7) is 0. The average Bonchev–Trinajstić information content (AvgIpc) is 2.15. The van der Waals surface area contributed by atoms with Crippen molar-refractivity contribution in [2.45, 2.75) is 17.9 Å². The Bertz CT molecular complexity index is 317. The molecule has 0 fully saturated rings. The van der Waals surface area contributed by atoms with Crippen LogP contribution in [0.3, 0.4) is 0 Å². The minimum absolute atomic E-state index is 0.234. The van der Waals surface area contributed by atoms with Crippen LogP contribution in [0, 0.1) is 5.41 Å². The summed E-state index contributed by atoms with van der Waals surface area (Å²) >= 11 is 7.51. The first-order chi connectivity index (χ1) is 6.70. The van der Waals surface area contributed by atoms with Crippen molar-refractivity contribution in [2.75, 3.05) is 5.75 Å². The molecule has 1 heterocycles. The molecule has 14 heavy (non-hydrogen) atoms. The topological polar surface area (TPSA) is 62.8 Å². The molecule has 0 bridgehead atoms. The smallest absolute Gasteiger partial charge is 0.115 e. The lowest BCUT2D eigenvalue weighted by Gasteiger charge is -2.01. The largest absolute Gasteiger partial charge is 0.388 e. The van der Waals surface area contributed by atoms with Gasteiger partial charge in [-0.3, -0.25) is 5.41 Å². The molecule has 0 saturated heterocycles. The highest BCUT2D eigenvalue weighted by molar-refractivity contribution is 7.99. The highest BCUT2D eigenvalue weighted by atomic mass is 35.5. The zero-order chi connectivity index (χ0) is 10.4. The van der Waals surface area contributed by atoms with Crippen molar-refractivity contribution >= 4 is 29.2 Å². The predicted molar refractivity (Wildman–Crippen MR) is 61.1 cm³/mol. The molecule has 0 amide bonds. The van der Waals surface area contributed by atoms with Gasteiger partial charge in [-0.25, -0.2) is 4.98 Å². The summed E-state index contributed by atoms with van der Waals surface area (Å²) in [7, 11) is 0. The summed E-state index contributed by atoms with van der Waals surface area (Å²) in [6.07, 6.45) is 3.24. The van der Waals surface area contributed by atoms with Gasteiger partial charge in [-0.15, -0.1) is 11.8 Å². The molecule has 3 N–H and O–H groups in total. The van der Waals surface area contributed by atoms with Crippen LogP contribution in [0.1, 0.15) is 12.8 Å². The molecule has 0 aliphatic rings. The molecule has 0 aliphatic heterocycles. The molecule has 1 aromatic heterocycles. The molecular formula is C9H12ClN3S. The molecule has 0 unspecified atom stereocenters. The third-order valence-corrected chi connectivity index (χ3v) is 3.06. The van der Waals surface area contributed by atoms with Crippen LogP contribution in [0.15, 0.2) is 23.4 Å². The fourth-order valence-electron chi connectivity index (χ4n) is 0.909. The maximum absolute atomic E-state index is 7.05. The summed E-state index contributed by atoms with van der Waals surface area (Å²) in [4.78, 5) is 4.14. The van der Waals surface area contributed by atoms with E-state index in [0.29, 0.717) is 11.4 Å². The van der Waals surface area contributed by atoms with Gasteiger partial charge in [-0.1, -0.05) is 11.6 Å². The fourth-order valence-corrected chi connectivity index (χ4v) is 2.02. The molecular weight excluding hydrogens is 218 g/mol. The standard InChI is InChI=1S/C9H12ClN3S/c10-7-3-1-5-13-9(7)14-6-2-4-8(11)12/h1,3,5H,2,4,6H2,(H3,11,12). The van der Waals surface area contributed by atoms with Crippen molar-refractivity contribution in [2.24, 2.45) is 5.73 Å². The van der Waals surface area contributed by atoms with Gasteiger partial charge in [0.05, 0.1) is 10.9 Å². The number of nitrogens with one attached hydrogen (secondary N) is 1. The highest BCUT2D eigenvalue weighted by Gasteiger charge is 2.00. The van der Waals surface area contributed by atoms with Crippen molar-refractivity contribution in [1.82, 2.24) is 4.98 Å². The molecule has 76 valence electrons. The summed E-state index contributed by atoms with van der Waals surface area (Å²) < 4.78 is 0. The summed E-state index contributed by atoms with van der Waals surface area (Å²) in [5, 5.41) is 8.57. The van der Waals surface area contributed by atoms with Gasteiger partial charge in [-0.2, -0.15) is 0 Å². The molecule has 0 saturated carbocycles. The molecule has 0 aromatic carbocycles. The number of aromatic nitrogens is 1. The number of hydrogen-bond acceptors (Lipinski definition) is 3. The molecule has 0 spiro atoms. The molecule has 0 radical (unpaired) electrons. The van der Waals surface area contributed by atoms with Gasteiger partial charge >= 0.3 is 0 Å². The number of pyridine rings is 1. The Hall–Kier alpha value is -0.740. The minimum Gasteiger partial charge on any atom is -0.388 e. The highest BCUT2D eigenvalue weighted by Crippen LogP contribution is 2.24. The number of halogens is 1. The van der Waals surface area contributed by atoms with Crippen molar-refractivity contribution in [3.05, 3.63) is 23.4 Å². The second-order valence-corrected chi connectivity index (χ2v) is 4.26. The molecule has 3 nitrogen and oxygen atoms in total. The minimum atomic E-state index is 0.234. The van der Waals surface area contributed by atoms with Gasteiger partial charge in [0, 0.05) is 12.6 Å². The van der Waals surface area contributed by atoms with Crippen LogP contribution in [-0.2, 0) is 0 Å². The van der Waals surface area contributed by atoms with E-state index >= 15 is 0 Å². The molecule has 1 rings (SSSR count). The predicted octanol–water partition coefficient (Wildman–Crippen LogP) is 2.54. The van der Waals surface area contributed by atoms with Gasteiger partial charge < -0.3 is 5.73 Å². The van der Waals surface area contributed by atoms with Crippen LogP contribution in [0.5, 0.6) is 0 Å². The zero-order valence-electron chi connectivity index (χ0n) is 7.66. The maximum atomic E-state index is 7.05. The number of thioether (sulfide) groups is 1. The number of rotatable bonds is 5. The van der Waals surface area contributed by atoms with Crippen molar-refractivity contribution in [3.63, 3.8) is 0 Å². The molecule has 1 aromatic rings. The van der Waals surface area contributed by atoms with Crippen molar-refractivity contribution < 1.29 is 0 Å². The first-order valence-corrected chi connectivity index (χ1v) is 5.62. The normalized spacial score (nSPS) is 10.1. The molecule has 5 heteroatoms. The number of hydrogen-bond donors (Lipinski definition) is 2. The Morgan fingerprint density at radius 1 is 1.64 bits per heavy atom. The summed E-state index contributed by atoms with van der Waals surface area (Å²) in [6, 6.07) is 3.63. The van der Waals surface area contributed by atoms with Gasteiger partial charge in [0.25, 0.3) is 0 Å². The molecule has 0 aliphatic carbocycles. The lowest BCUT2D eigenvalue weighted by molar-refractivity contribution is 0.984. The van der Waals surface area contributed by atoms with Crippen molar-refractivity contribution in [3.8, 4) is 0 Å². The van der Waals surface area contributed by atoms with E-state index in [4.69, 9.17) is 22.7 Å². The maximum Gasteiger partial charge on any atom is 0.115 e. The van der Waals surface area contributed by atoms with Gasteiger partial charge in [0.1, 0.15) is 5.03 Å². The van der Waals surface area contributed by atoms with E-state index in [-0.39, 0.29) is 5.84 Å². The van der Waals surface area contributed by atoms with Crippen molar-refractivity contribution in [1.29, 1.82) is 5.41 Å². The third kappa shape index (κ3) is 3.98. The lowest BCUT2D eigenvalue weighted by atomic mass is 10.3. The number of amidine groups is 1. The van der Waals surface area contributed by atoms with Crippen LogP contribution < -0.4 is 5.73 Å². The monoisotopic (exact) mass is 229 g/mol. The average molecular weight is 230 g/mol. The van der Waals surface area contributed by atoms with E-state index in [0.717, 1.165) is 17.2 Å². The van der Waals surface area contributed by atoms with Crippen LogP contribution in [0.25, 0.3) is 0 Å². The number of nitrogens with zero attached hydrogens (tertiary/aromatic N) is 1. The van der Waals surface area contributed by atoms with E-state index in [1.807, 2.05) is 12.1 Å². The quantitative estimate of drug-likeness (QED) is 0.353. The molecule has 0 atom stereocenters. The van der Waals surface area contributed by atoms with E-state index in [2.05, 4.69) is 4.98 Å². The second kappa shape index (κ2) is 5.88. The van der Waals surface area contributed by atoms with Crippen LogP contribution in [0.2, 0.25) is 5.02 Å². The lowest BCUT2D eigenvalue weighted by Crippen LogP contribution is -2.08. The number of nitrogens with two attached hydrogens (primary N) is 1. The van der Waals surface area contributed by atoms with Crippen LogP contribution in [0.4, 0.5) is 0 Å². The van der Waals surface area contributed by atoms with Gasteiger partial charge in [-0.05, 0) is 24.3 Å². The van der Waals surface area contributed by atoms with E-state index in [1.54, 1.807) is 18.0 Å². The summed E-state index contributed by atoms with van der Waals surface area (Å²) in [5.41, 5.74) is 5.23. The Morgan fingerprint density at radius 3 is 3.07 bits per heavy atom. The Morgan fingerprint density at radius 2 is 2.43 bits per heavy atom. The SMILES string of the molecule is N=C(N)CCCSc1ncccc1Cl. The first-order valence-electron chi connectivity index (χ1n) is 4.26. The Balaban J connectivity index is 2.31. The van der Waals surface area contributed by atoms with Gasteiger partial charge in [0.2, 0.25) is 0 Å². The Labute approximate surface area is 92.6 Å². The third-order valence-electron chi connectivity index (χ3n) is 1.55. The second-order valence-electron chi connectivity index (χ2n) is 2.77.